The van der Waals surface area contributed by atoms with Crippen molar-refractivity contribution in [3.8, 4) is 6.07 Å². The lowest BCUT2D eigenvalue weighted by molar-refractivity contribution is -0.890. The maximum atomic E-state index is 13.3. The molecule has 36 heavy (non-hydrogen) atoms. The van der Waals surface area contributed by atoms with Gasteiger partial charge in [0.15, 0.2) is 0 Å². The Labute approximate surface area is 223 Å². The second kappa shape index (κ2) is 13.5. The second-order valence-corrected chi connectivity index (χ2v) is 13.6. The van der Waals surface area contributed by atoms with Crippen molar-refractivity contribution in [2.24, 2.45) is 5.41 Å². The molecule has 1 aromatic carbocycles. The van der Waals surface area contributed by atoms with E-state index in [1.807, 2.05) is 44.4 Å². The molecule has 2 unspecified atom stereocenters. The highest BCUT2D eigenvalue weighted by atomic mass is 32.2. The first-order chi connectivity index (χ1) is 16.5. The molecule has 0 aliphatic rings. The summed E-state index contributed by atoms with van der Waals surface area (Å²) in [5.41, 5.74) is -0.364. The average Bonchev–Trinajstić information content (AvgIpc) is 2.77. The maximum Gasteiger partial charge on any atom is 0.322 e. The van der Waals surface area contributed by atoms with Crippen molar-refractivity contribution >= 4 is 50.2 Å². The van der Waals surface area contributed by atoms with Crippen LogP contribution in [-0.2, 0) is 24.4 Å². The van der Waals surface area contributed by atoms with Gasteiger partial charge in [0.2, 0.25) is 0 Å². The van der Waals surface area contributed by atoms with E-state index in [1.54, 1.807) is 13.8 Å². The summed E-state index contributed by atoms with van der Waals surface area (Å²) < 4.78 is 37.7. The SMILES string of the molecule is CC(C#N)(CCC(=O)O)CC(C)(SC(=S)c1ccccc1)C(=O)OCC[N+](C)(C)CCCS(=O)(=O)[O-]. The maximum absolute atomic E-state index is 13.3. The van der Waals surface area contributed by atoms with Crippen molar-refractivity contribution < 1.29 is 36.9 Å². The molecule has 2 atom stereocenters. The van der Waals surface area contributed by atoms with Gasteiger partial charge in [-0.2, -0.15) is 5.26 Å². The van der Waals surface area contributed by atoms with E-state index in [4.69, 9.17) is 22.1 Å². The number of thiocarbonyl (C=S) groups is 1. The van der Waals surface area contributed by atoms with Crippen LogP contribution in [0.25, 0.3) is 0 Å². The van der Waals surface area contributed by atoms with Gasteiger partial charge >= 0.3 is 11.9 Å². The monoisotopic (exact) mass is 558 g/mol. The van der Waals surface area contributed by atoms with Crippen molar-refractivity contribution in [3.05, 3.63) is 35.9 Å². The van der Waals surface area contributed by atoms with Crippen LogP contribution in [0.2, 0.25) is 0 Å². The molecule has 0 fully saturated rings. The van der Waals surface area contributed by atoms with Gasteiger partial charge in [-0.1, -0.05) is 54.3 Å². The summed E-state index contributed by atoms with van der Waals surface area (Å²) in [6.45, 7) is 4.08. The fraction of sp³-hybridized carbons (Fsp3) is 0.583. The summed E-state index contributed by atoms with van der Waals surface area (Å²) in [7, 11) is -0.617. The predicted octanol–water partition coefficient (Wildman–Crippen LogP) is 3.19. The minimum atomic E-state index is -4.29. The number of carbonyl (C=O) groups excluding carboxylic acids is 1. The molecule has 0 heterocycles. The summed E-state index contributed by atoms with van der Waals surface area (Å²) >= 11 is 6.68. The first kappa shape index (κ1) is 32.0. The number of hydrogen-bond donors (Lipinski definition) is 1. The zero-order valence-electron chi connectivity index (χ0n) is 21.1. The van der Waals surface area contributed by atoms with E-state index in [0.29, 0.717) is 21.8 Å². The van der Waals surface area contributed by atoms with Gasteiger partial charge < -0.3 is 18.9 Å². The zero-order chi connectivity index (χ0) is 27.6. The number of carboxylic acids is 1. The fourth-order valence-corrected chi connectivity index (χ4v) is 5.98. The van der Waals surface area contributed by atoms with Gasteiger partial charge in [0.05, 0.1) is 46.4 Å². The molecule has 1 rings (SSSR count). The number of rotatable bonds is 15. The number of carbonyl (C=O) groups is 2. The molecule has 1 aromatic rings. The molecule has 0 saturated heterocycles. The van der Waals surface area contributed by atoms with Crippen molar-refractivity contribution in [2.75, 3.05) is 39.5 Å². The standard InChI is InChI=1S/C24H34N2O7S3/c1-23(18-25,12-11-20(27)28)17-24(2,35-21(34)19-9-6-5-7-10-19)22(29)33-15-14-26(3,4)13-8-16-36(30,31)32/h5-7,9-10H,8,11-17H2,1-4H3,(H-,27,28,30,31,32). The highest BCUT2D eigenvalue weighted by molar-refractivity contribution is 8.25. The number of quaternary nitrogens is 1. The van der Waals surface area contributed by atoms with Gasteiger partial charge in [0.25, 0.3) is 0 Å². The molecule has 0 spiro atoms. The predicted molar refractivity (Wildman–Crippen MR) is 141 cm³/mol. The van der Waals surface area contributed by atoms with Crippen molar-refractivity contribution in [2.45, 2.75) is 44.3 Å². The van der Waals surface area contributed by atoms with Crippen molar-refractivity contribution in [1.82, 2.24) is 0 Å². The van der Waals surface area contributed by atoms with E-state index >= 15 is 0 Å². The summed E-state index contributed by atoms with van der Waals surface area (Å²) in [4.78, 5) is 24.4. The molecule has 0 bridgehead atoms. The lowest BCUT2D eigenvalue weighted by Gasteiger charge is -2.34. The first-order valence-corrected chi connectivity index (χ1v) is 14.2. The van der Waals surface area contributed by atoms with Gasteiger partial charge in [0, 0.05) is 18.6 Å². The smallest absolute Gasteiger partial charge is 0.322 e. The number of esters is 1. The Hall–Kier alpha value is -2.04. The van der Waals surface area contributed by atoms with Crippen LogP contribution in [0.5, 0.6) is 0 Å². The number of thioether (sulfide) groups is 1. The van der Waals surface area contributed by atoms with Gasteiger partial charge in [0.1, 0.15) is 17.9 Å². The number of aliphatic carboxylic acids is 1. The van der Waals surface area contributed by atoms with Gasteiger partial charge in [-0.15, -0.1) is 0 Å². The zero-order valence-corrected chi connectivity index (χ0v) is 23.5. The fourth-order valence-electron chi connectivity index (χ4n) is 3.62. The van der Waals surface area contributed by atoms with Crippen LogP contribution in [0.4, 0.5) is 0 Å². The van der Waals surface area contributed by atoms with Crippen LogP contribution in [-0.4, -0.2) is 83.0 Å². The van der Waals surface area contributed by atoms with Crippen LogP contribution in [0.1, 0.15) is 45.1 Å². The molecule has 9 nitrogen and oxygen atoms in total. The molecule has 0 radical (unpaired) electrons. The molecule has 0 amide bonds. The lowest BCUT2D eigenvalue weighted by atomic mass is 9.78. The lowest BCUT2D eigenvalue weighted by Crippen LogP contribution is -2.45. The van der Waals surface area contributed by atoms with Gasteiger partial charge in [-0.25, -0.2) is 8.42 Å². The van der Waals surface area contributed by atoms with Crippen LogP contribution in [0, 0.1) is 16.7 Å². The number of nitriles is 1. The third kappa shape index (κ3) is 11.8. The summed E-state index contributed by atoms with van der Waals surface area (Å²) in [5, 5.41) is 18.9. The van der Waals surface area contributed by atoms with Crippen molar-refractivity contribution in [1.29, 1.82) is 5.26 Å². The Kier molecular flexibility index (Phi) is 12.0. The van der Waals surface area contributed by atoms with Crippen LogP contribution in [0.15, 0.2) is 30.3 Å². The third-order valence-electron chi connectivity index (χ3n) is 5.73. The van der Waals surface area contributed by atoms with E-state index in [9.17, 15) is 27.8 Å². The normalized spacial score (nSPS) is 15.2. The second-order valence-electron chi connectivity index (χ2n) is 9.86. The topological polar surface area (TPSA) is 145 Å². The Morgan fingerprint density at radius 3 is 2.36 bits per heavy atom. The molecule has 0 aliphatic heterocycles. The van der Waals surface area contributed by atoms with Gasteiger partial charge in [-0.3, -0.25) is 9.59 Å². The number of carboxylic acid groups (broad SMARTS) is 1. The number of likely N-dealkylation sites (N-methyl/N-ethyl adjacent to an activating group) is 1. The van der Waals surface area contributed by atoms with Gasteiger partial charge in [-0.05, 0) is 32.3 Å². The molecule has 0 saturated carbocycles. The minimum Gasteiger partial charge on any atom is -0.748 e. The number of benzene rings is 1. The number of nitrogens with zero attached hydrogens (tertiary/aromatic N) is 2. The van der Waals surface area contributed by atoms with E-state index in [2.05, 4.69) is 6.07 Å². The number of ether oxygens (including phenoxy) is 1. The molecule has 12 heteroatoms. The average molecular weight is 559 g/mol. The summed E-state index contributed by atoms with van der Waals surface area (Å²) in [6.07, 6.45) is 0.0658. The Bertz CT molecular complexity index is 1070. The van der Waals surface area contributed by atoms with E-state index < -0.39 is 38.0 Å². The molecular formula is C24H34N2O7S3. The minimum absolute atomic E-state index is 0.0276. The van der Waals surface area contributed by atoms with E-state index in [0.717, 1.165) is 17.3 Å². The number of hydrogen-bond acceptors (Lipinski definition) is 9. The first-order valence-electron chi connectivity index (χ1n) is 11.4. The van der Waals surface area contributed by atoms with Crippen molar-refractivity contribution in [3.63, 3.8) is 0 Å². The Balaban J connectivity index is 2.99. The largest absolute Gasteiger partial charge is 0.748 e. The molecule has 0 aromatic heterocycles. The van der Waals surface area contributed by atoms with Crippen LogP contribution >= 0.6 is 24.0 Å². The van der Waals surface area contributed by atoms with E-state index in [1.165, 1.54) is 0 Å². The quantitative estimate of drug-likeness (QED) is 0.147. The summed E-state index contributed by atoms with van der Waals surface area (Å²) in [5.74, 6) is -2.06. The molecular weight excluding hydrogens is 524 g/mol. The van der Waals surface area contributed by atoms with Crippen LogP contribution in [0.3, 0.4) is 0 Å². The summed E-state index contributed by atoms with van der Waals surface area (Å²) in [6, 6.07) is 11.3. The molecule has 1 N–H and O–H groups in total. The molecule has 0 aliphatic carbocycles. The van der Waals surface area contributed by atoms with E-state index in [-0.39, 0.29) is 32.3 Å². The highest BCUT2D eigenvalue weighted by Gasteiger charge is 2.44. The highest BCUT2D eigenvalue weighted by Crippen LogP contribution is 2.42. The Morgan fingerprint density at radius 1 is 1.22 bits per heavy atom. The van der Waals surface area contributed by atoms with Crippen LogP contribution < -0.4 is 0 Å². The third-order valence-corrected chi connectivity index (χ3v) is 8.19. The molecule has 200 valence electrons. The Morgan fingerprint density at radius 2 is 1.83 bits per heavy atom.